The molecule has 1 N–H and O–H groups in total. The zero-order valence-electron chi connectivity index (χ0n) is 15.0. The molecule has 2 rings (SSSR count). The summed E-state index contributed by atoms with van der Waals surface area (Å²) in [4.78, 5) is 39.4. The van der Waals surface area contributed by atoms with Crippen LogP contribution >= 0.6 is 0 Å². The van der Waals surface area contributed by atoms with Gasteiger partial charge >= 0.3 is 6.09 Å². The third-order valence-corrected chi connectivity index (χ3v) is 4.14. The topological polar surface area (TPSA) is 79.0 Å². The van der Waals surface area contributed by atoms with E-state index in [1.54, 1.807) is 23.6 Å². The smallest absolute Gasteiger partial charge is 0.409 e. The van der Waals surface area contributed by atoms with Crippen molar-refractivity contribution in [2.45, 2.75) is 26.3 Å². The highest BCUT2D eigenvalue weighted by atomic mass is 19.1. The highest BCUT2D eigenvalue weighted by Gasteiger charge is 2.28. The number of rotatable bonds is 5. The van der Waals surface area contributed by atoms with Crippen LogP contribution in [0.1, 0.15) is 19.4 Å². The van der Waals surface area contributed by atoms with E-state index in [1.165, 1.54) is 24.3 Å². The zero-order chi connectivity index (χ0) is 19.1. The molecule has 1 aromatic carbocycles. The Morgan fingerprint density at radius 2 is 1.69 bits per heavy atom. The first-order chi connectivity index (χ1) is 12.4. The molecule has 0 radical (unpaired) electrons. The summed E-state index contributed by atoms with van der Waals surface area (Å²) in [5.41, 5.74) is 0.673. The predicted molar refractivity (Wildman–Crippen MR) is 92.9 cm³/mol. The maximum atomic E-state index is 12.9. The molecule has 1 fully saturated rings. The van der Waals surface area contributed by atoms with Crippen LogP contribution in [0.3, 0.4) is 0 Å². The van der Waals surface area contributed by atoms with E-state index in [4.69, 9.17) is 4.74 Å². The van der Waals surface area contributed by atoms with Gasteiger partial charge in [0.2, 0.25) is 11.8 Å². The van der Waals surface area contributed by atoms with E-state index in [0.29, 0.717) is 38.3 Å². The SMILES string of the molecule is CCOC(=O)N1CCN(C(=O)[C@@H](C)NC(=O)Cc2ccc(F)cc2)CC1. The number of carbonyl (C=O) groups excluding carboxylic acids is 3. The van der Waals surface area contributed by atoms with Gasteiger partial charge in [0, 0.05) is 26.2 Å². The molecule has 0 bridgehead atoms. The van der Waals surface area contributed by atoms with Crippen LogP contribution in [0.5, 0.6) is 0 Å². The van der Waals surface area contributed by atoms with Gasteiger partial charge in [0.05, 0.1) is 13.0 Å². The number of nitrogens with one attached hydrogen (secondary N) is 1. The van der Waals surface area contributed by atoms with Crippen LogP contribution in [0.2, 0.25) is 0 Å². The average molecular weight is 365 g/mol. The highest BCUT2D eigenvalue weighted by molar-refractivity contribution is 5.88. The maximum Gasteiger partial charge on any atom is 0.409 e. The van der Waals surface area contributed by atoms with Gasteiger partial charge in [-0.1, -0.05) is 12.1 Å². The number of benzene rings is 1. The number of piperazine rings is 1. The Labute approximate surface area is 152 Å². The average Bonchev–Trinajstić information content (AvgIpc) is 2.63. The van der Waals surface area contributed by atoms with E-state index in [-0.39, 0.29) is 30.1 Å². The largest absolute Gasteiger partial charge is 0.450 e. The minimum Gasteiger partial charge on any atom is -0.450 e. The molecule has 1 heterocycles. The van der Waals surface area contributed by atoms with Gasteiger partial charge in [-0.3, -0.25) is 9.59 Å². The predicted octanol–water partition coefficient (Wildman–Crippen LogP) is 1.17. The third kappa shape index (κ3) is 5.44. The van der Waals surface area contributed by atoms with Crippen LogP contribution in [0.15, 0.2) is 24.3 Å². The Bertz CT molecular complexity index is 642. The Morgan fingerprint density at radius 3 is 2.27 bits per heavy atom. The second-order valence-electron chi connectivity index (χ2n) is 6.10. The molecule has 1 saturated heterocycles. The van der Waals surface area contributed by atoms with Gasteiger partial charge in [0.25, 0.3) is 0 Å². The van der Waals surface area contributed by atoms with Crippen molar-refractivity contribution < 1.29 is 23.5 Å². The molecule has 1 aromatic rings. The van der Waals surface area contributed by atoms with Gasteiger partial charge < -0.3 is 19.9 Å². The lowest BCUT2D eigenvalue weighted by Gasteiger charge is -2.35. The summed E-state index contributed by atoms with van der Waals surface area (Å²) in [5.74, 6) is -0.858. The van der Waals surface area contributed by atoms with Crippen LogP contribution < -0.4 is 5.32 Å². The fourth-order valence-electron chi connectivity index (χ4n) is 2.74. The Balaban J connectivity index is 1.79. The molecule has 3 amide bonds. The molecule has 1 aliphatic rings. The second kappa shape index (κ2) is 9.17. The lowest BCUT2D eigenvalue weighted by molar-refractivity contribution is -0.137. The first-order valence-corrected chi connectivity index (χ1v) is 8.65. The summed E-state index contributed by atoms with van der Waals surface area (Å²) in [6, 6.07) is 4.99. The van der Waals surface area contributed by atoms with Gasteiger partial charge in [-0.15, -0.1) is 0 Å². The molecule has 0 unspecified atom stereocenters. The maximum absolute atomic E-state index is 12.9. The second-order valence-corrected chi connectivity index (χ2v) is 6.10. The van der Waals surface area contributed by atoms with Crippen molar-refractivity contribution in [3.05, 3.63) is 35.6 Å². The van der Waals surface area contributed by atoms with Crippen molar-refractivity contribution in [2.24, 2.45) is 0 Å². The Kier molecular flexibility index (Phi) is 6.94. The molecule has 1 aliphatic heterocycles. The molecule has 0 saturated carbocycles. The van der Waals surface area contributed by atoms with Crippen LogP contribution in [-0.4, -0.2) is 66.5 Å². The summed E-state index contributed by atoms with van der Waals surface area (Å²) in [6.07, 6.45) is -0.297. The van der Waals surface area contributed by atoms with E-state index in [1.807, 2.05) is 0 Å². The summed E-state index contributed by atoms with van der Waals surface area (Å²) in [7, 11) is 0. The molecule has 0 aromatic heterocycles. The van der Waals surface area contributed by atoms with Crippen molar-refractivity contribution >= 4 is 17.9 Å². The number of ether oxygens (including phenoxy) is 1. The van der Waals surface area contributed by atoms with Crippen LogP contribution in [0, 0.1) is 5.82 Å². The zero-order valence-corrected chi connectivity index (χ0v) is 15.0. The summed E-state index contributed by atoms with van der Waals surface area (Å²) in [5, 5.41) is 2.67. The first-order valence-electron chi connectivity index (χ1n) is 8.65. The van der Waals surface area contributed by atoms with E-state index in [2.05, 4.69) is 5.32 Å². The normalized spacial score (nSPS) is 15.3. The third-order valence-electron chi connectivity index (χ3n) is 4.14. The van der Waals surface area contributed by atoms with Crippen molar-refractivity contribution in [3.63, 3.8) is 0 Å². The monoisotopic (exact) mass is 365 g/mol. The van der Waals surface area contributed by atoms with Crippen LogP contribution in [0.25, 0.3) is 0 Å². The van der Waals surface area contributed by atoms with Crippen molar-refractivity contribution in [2.75, 3.05) is 32.8 Å². The molecule has 0 spiro atoms. The lowest BCUT2D eigenvalue weighted by atomic mass is 10.1. The number of amides is 3. The van der Waals surface area contributed by atoms with Gasteiger partial charge in [-0.05, 0) is 31.5 Å². The molecular formula is C18H24FN3O4. The van der Waals surface area contributed by atoms with E-state index >= 15 is 0 Å². The van der Waals surface area contributed by atoms with E-state index < -0.39 is 6.04 Å². The molecule has 26 heavy (non-hydrogen) atoms. The van der Waals surface area contributed by atoms with Gasteiger partial charge in [-0.25, -0.2) is 9.18 Å². The molecule has 1 atom stereocenters. The summed E-state index contributed by atoms with van der Waals surface area (Å²) >= 11 is 0. The standard InChI is InChI=1S/C18H24FN3O4/c1-3-26-18(25)22-10-8-21(9-11-22)17(24)13(2)20-16(23)12-14-4-6-15(19)7-5-14/h4-7,13H,3,8-12H2,1-2H3,(H,20,23)/t13-/m1/s1. The van der Waals surface area contributed by atoms with Crippen LogP contribution in [0.4, 0.5) is 9.18 Å². The van der Waals surface area contributed by atoms with E-state index in [0.717, 1.165) is 0 Å². The fraction of sp³-hybridized carbons (Fsp3) is 0.500. The summed E-state index contributed by atoms with van der Waals surface area (Å²) < 4.78 is 17.8. The highest BCUT2D eigenvalue weighted by Crippen LogP contribution is 2.07. The van der Waals surface area contributed by atoms with Gasteiger partial charge in [-0.2, -0.15) is 0 Å². The molecule has 8 heteroatoms. The van der Waals surface area contributed by atoms with Crippen molar-refractivity contribution in [1.29, 1.82) is 0 Å². The van der Waals surface area contributed by atoms with E-state index in [9.17, 15) is 18.8 Å². The number of halogens is 1. The molecule has 0 aliphatic carbocycles. The van der Waals surface area contributed by atoms with Crippen molar-refractivity contribution in [1.82, 2.24) is 15.1 Å². The van der Waals surface area contributed by atoms with Crippen LogP contribution in [-0.2, 0) is 20.7 Å². The molecular weight excluding hydrogens is 341 g/mol. The summed E-state index contributed by atoms with van der Waals surface area (Å²) in [6.45, 7) is 5.29. The van der Waals surface area contributed by atoms with Crippen molar-refractivity contribution in [3.8, 4) is 0 Å². The minimum atomic E-state index is -0.669. The molecule has 7 nitrogen and oxygen atoms in total. The number of hydrogen-bond acceptors (Lipinski definition) is 4. The quantitative estimate of drug-likeness (QED) is 0.850. The van der Waals surface area contributed by atoms with Gasteiger partial charge in [0.1, 0.15) is 11.9 Å². The number of carbonyl (C=O) groups is 3. The van der Waals surface area contributed by atoms with Gasteiger partial charge in [0.15, 0.2) is 0 Å². The lowest BCUT2D eigenvalue weighted by Crippen LogP contribution is -2.55. The molecule has 142 valence electrons. The Morgan fingerprint density at radius 1 is 1.12 bits per heavy atom. The fourth-order valence-corrected chi connectivity index (χ4v) is 2.74. The number of hydrogen-bond donors (Lipinski definition) is 1. The number of nitrogens with zero attached hydrogens (tertiary/aromatic N) is 2. The Hall–Kier alpha value is -2.64. The minimum absolute atomic E-state index is 0.0779. The first kappa shape index (κ1) is 19.7.